The van der Waals surface area contributed by atoms with Crippen molar-refractivity contribution in [2.24, 2.45) is 0 Å². The van der Waals surface area contributed by atoms with Gasteiger partial charge >= 0.3 is 0 Å². The van der Waals surface area contributed by atoms with E-state index in [4.69, 9.17) is 0 Å². The number of halogens is 1. The number of carbonyl (C=O) groups excluding carboxylic acids is 1. The summed E-state index contributed by atoms with van der Waals surface area (Å²) < 4.78 is 1.04. The number of nitrogens with zero attached hydrogens (tertiary/aromatic N) is 1. The lowest BCUT2D eigenvalue weighted by molar-refractivity contribution is -0.130. The lowest BCUT2D eigenvalue weighted by Gasteiger charge is -2.41. The molecule has 1 saturated carbocycles. The van der Waals surface area contributed by atoms with Crippen LogP contribution in [0.15, 0.2) is 47.1 Å². The fourth-order valence-corrected chi connectivity index (χ4v) is 3.36. The third-order valence-corrected chi connectivity index (χ3v) is 5.35. The molecule has 4 heteroatoms. The highest BCUT2D eigenvalue weighted by Crippen LogP contribution is 2.44. The third-order valence-electron chi connectivity index (χ3n) is 4.82. The van der Waals surface area contributed by atoms with E-state index >= 15 is 0 Å². The van der Waals surface area contributed by atoms with Crippen LogP contribution in [0.1, 0.15) is 49.0 Å². The fourth-order valence-electron chi connectivity index (χ4n) is 3.10. The van der Waals surface area contributed by atoms with Crippen molar-refractivity contribution < 1.29 is 4.79 Å². The summed E-state index contributed by atoms with van der Waals surface area (Å²) in [6.07, 6.45) is 4.77. The van der Waals surface area contributed by atoms with Gasteiger partial charge in [0.2, 0.25) is 5.91 Å². The zero-order chi connectivity index (χ0) is 16.4. The van der Waals surface area contributed by atoms with Crippen molar-refractivity contribution in [3.05, 3.63) is 63.9 Å². The molecular weight excluding hydrogens is 352 g/mol. The zero-order valence-corrected chi connectivity index (χ0v) is 15.1. The zero-order valence-electron chi connectivity index (χ0n) is 13.5. The number of pyridine rings is 1. The average Bonchev–Trinajstić information content (AvgIpc) is 2.48. The van der Waals surface area contributed by atoms with E-state index in [1.165, 1.54) is 0 Å². The number of rotatable bonds is 4. The maximum atomic E-state index is 12.9. The summed E-state index contributed by atoms with van der Waals surface area (Å²) in [6, 6.07) is 12.1. The first-order valence-corrected chi connectivity index (χ1v) is 8.80. The highest BCUT2D eigenvalue weighted by Gasteiger charge is 2.45. The molecule has 120 valence electrons. The second-order valence-electron chi connectivity index (χ2n) is 6.37. The maximum absolute atomic E-state index is 12.9. The summed E-state index contributed by atoms with van der Waals surface area (Å²) in [5, 5.41) is 3.18. The monoisotopic (exact) mass is 372 g/mol. The molecule has 3 rings (SSSR count). The summed E-state index contributed by atoms with van der Waals surface area (Å²) in [5.74, 6) is 0.124. The minimum absolute atomic E-state index is 0.0384. The summed E-state index contributed by atoms with van der Waals surface area (Å²) in [4.78, 5) is 17.3. The van der Waals surface area contributed by atoms with Gasteiger partial charge in [-0.15, -0.1) is 0 Å². The molecule has 1 aromatic carbocycles. The first kappa shape index (κ1) is 16.2. The minimum Gasteiger partial charge on any atom is -0.349 e. The van der Waals surface area contributed by atoms with Crippen molar-refractivity contribution in [1.29, 1.82) is 0 Å². The average molecular weight is 373 g/mol. The summed E-state index contributed by atoms with van der Waals surface area (Å²) >= 11 is 3.46. The molecule has 0 radical (unpaired) electrons. The van der Waals surface area contributed by atoms with Gasteiger partial charge in [-0.2, -0.15) is 0 Å². The van der Waals surface area contributed by atoms with E-state index in [0.717, 1.165) is 40.6 Å². The molecular formula is C19H21BrN2O. The van der Waals surface area contributed by atoms with E-state index in [-0.39, 0.29) is 17.4 Å². The van der Waals surface area contributed by atoms with Gasteiger partial charge in [0.25, 0.3) is 0 Å². The molecule has 1 aliphatic carbocycles. The van der Waals surface area contributed by atoms with E-state index in [1.54, 1.807) is 0 Å². The van der Waals surface area contributed by atoms with Crippen LogP contribution in [0.25, 0.3) is 0 Å². The number of amides is 1. The molecule has 23 heavy (non-hydrogen) atoms. The SMILES string of the molecule is Cc1ccc(C(C)NC(=O)C2(c3ccc(Br)cc3)CCC2)cn1. The summed E-state index contributed by atoms with van der Waals surface area (Å²) in [5.41, 5.74) is 2.76. The topological polar surface area (TPSA) is 42.0 Å². The fraction of sp³-hybridized carbons (Fsp3) is 0.368. The van der Waals surface area contributed by atoms with Crippen LogP contribution in [0.2, 0.25) is 0 Å². The quantitative estimate of drug-likeness (QED) is 0.860. The lowest BCUT2D eigenvalue weighted by Crippen LogP contribution is -2.49. The Kier molecular flexibility index (Phi) is 4.53. The Balaban J connectivity index is 1.78. The molecule has 0 spiro atoms. The Morgan fingerprint density at radius 1 is 1.22 bits per heavy atom. The molecule has 0 bridgehead atoms. The van der Waals surface area contributed by atoms with Crippen molar-refractivity contribution in [3.8, 4) is 0 Å². The largest absolute Gasteiger partial charge is 0.349 e. The van der Waals surface area contributed by atoms with Crippen LogP contribution < -0.4 is 5.32 Å². The molecule has 1 N–H and O–H groups in total. The van der Waals surface area contributed by atoms with Crippen molar-refractivity contribution in [2.75, 3.05) is 0 Å². The Bertz CT molecular complexity index is 690. The molecule has 0 saturated heterocycles. The number of hydrogen-bond donors (Lipinski definition) is 1. The van der Waals surface area contributed by atoms with Crippen LogP contribution in [-0.4, -0.2) is 10.9 Å². The van der Waals surface area contributed by atoms with Gasteiger partial charge in [0.05, 0.1) is 11.5 Å². The number of aromatic nitrogens is 1. The molecule has 2 aromatic rings. The van der Waals surface area contributed by atoms with E-state index < -0.39 is 0 Å². The van der Waals surface area contributed by atoms with Gasteiger partial charge in [0.15, 0.2) is 0 Å². The van der Waals surface area contributed by atoms with Gasteiger partial charge < -0.3 is 5.32 Å². The number of hydrogen-bond acceptors (Lipinski definition) is 2. The van der Waals surface area contributed by atoms with Crippen molar-refractivity contribution in [2.45, 2.75) is 44.6 Å². The maximum Gasteiger partial charge on any atom is 0.231 e. The van der Waals surface area contributed by atoms with E-state index in [1.807, 2.05) is 44.3 Å². The van der Waals surface area contributed by atoms with Crippen LogP contribution in [0.5, 0.6) is 0 Å². The standard InChI is InChI=1S/C19H21BrN2O/c1-13-4-5-15(12-21-13)14(2)22-18(23)19(10-3-11-19)16-6-8-17(20)9-7-16/h4-9,12,14H,3,10-11H2,1-2H3,(H,22,23). The minimum atomic E-state index is -0.368. The summed E-state index contributed by atoms with van der Waals surface area (Å²) in [6.45, 7) is 3.97. The van der Waals surface area contributed by atoms with Crippen molar-refractivity contribution in [3.63, 3.8) is 0 Å². The molecule has 1 unspecified atom stereocenters. The Labute approximate surface area is 145 Å². The highest BCUT2D eigenvalue weighted by atomic mass is 79.9. The van der Waals surface area contributed by atoms with Crippen LogP contribution >= 0.6 is 15.9 Å². The predicted octanol–water partition coefficient (Wildman–Crippen LogP) is 4.45. The predicted molar refractivity (Wildman–Crippen MR) is 95.2 cm³/mol. The van der Waals surface area contributed by atoms with E-state index in [2.05, 4.69) is 38.4 Å². The van der Waals surface area contributed by atoms with Gasteiger partial charge in [-0.05, 0) is 56.0 Å². The second-order valence-corrected chi connectivity index (χ2v) is 7.29. The second kappa shape index (κ2) is 6.44. The third kappa shape index (κ3) is 3.18. The molecule has 1 fully saturated rings. The first-order chi connectivity index (χ1) is 11.0. The van der Waals surface area contributed by atoms with Gasteiger partial charge in [-0.3, -0.25) is 9.78 Å². The lowest BCUT2D eigenvalue weighted by atomic mass is 9.63. The number of carbonyl (C=O) groups is 1. The molecule has 1 aliphatic rings. The molecule has 1 heterocycles. The Hall–Kier alpha value is -1.68. The normalized spacial score (nSPS) is 17.2. The van der Waals surface area contributed by atoms with Crippen LogP contribution in [0, 0.1) is 6.92 Å². The van der Waals surface area contributed by atoms with Crippen LogP contribution in [0.4, 0.5) is 0 Å². The molecule has 3 nitrogen and oxygen atoms in total. The van der Waals surface area contributed by atoms with E-state index in [0.29, 0.717) is 0 Å². The molecule has 1 aromatic heterocycles. The van der Waals surface area contributed by atoms with Gasteiger partial charge in [-0.25, -0.2) is 0 Å². The van der Waals surface area contributed by atoms with Crippen LogP contribution in [0.3, 0.4) is 0 Å². The number of benzene rings is 1. The summed E-state index contributed by atoms with van der Waals surface area (Å²) in [7, 11) is 0. The molecule has 1 atom stereocenters. The van der Waals surface area contributed by atoms with E-state index in [9.17, 15) is 4.79 Å². The van der Waals surface area contributed by atoms with Crippen molar-refractivity contribution >= 4 is 21.8 Å². The Morgan fingerprint density at radius 2 is 1.91 bits per heavy atom. The van der Waals surface area contributed by atoms with Gasteiger partial charge in [0.1, 0.15) is 0 Å². The smallest absolute Gasteiger partial charge is 0.231 e. The Morgan fingerprint density at radius 3 is 2.43 bits per heavy atom. The highest BCUT2D eigenvalue weighted by molar-refractivity contribution is 9.10. The number of nitrogens with one attached hydrogen (secondary N) is 1. The molecule has 1 amide bonds. The first-order valence-electron chi connectivity index (χ1n) is 8.01. The van der Waals surface area contributed by atoms with Gasteiger partial charge in [0, 0.05) is 16.4 Å². The van der Waals surface area contributed by atoms with Crippen LogP contribution in [-0.2, 0) is 10.2 Å². The number of aryl methyl sites for hydroxylation is 1. The van der Waals surface area contributed by atoms with Crippen molar-refractivity contribution in [1.82, 2.24) is 10.3 Å². The van der Waals surface area contributed by atoms with Gasteiger partial charge in [-0.1, -0.05) is 40.5 Å². The molecule has 0 aliphatic heterocycles.